The maximum atomic E-state index is 12.9. The third-order valence-electron chi connectivity index (χ3n) is 4.22. The van der Waals surface area contributed by atoms with Crippen LogP contribution in [-0.2, 0) is 6.18 Å². The van der Waals surface area contributed by atoms with Crippen LogP contribution in [0.25, 0.3) is 5.65 Å². The highest BCUT2D eigenvalue weighted by Crippen LogP contribution is 2.30. The first kappa shape index (κ1) is 15.2. The lowest BCUT2D eigenvalue weighted by Gasteiger charge is -2.34. The summed E-state index contributed by atoms with van der Waals surface area (Å²) in [6, 6.07) is 3.81. The predicted molar refractivity (Wildman–Crippen MR) is 74.5 cm³/mol. The average Bonchev–Trinajstić information content (AvgIpc) is 2.90. The van der Waals surface area contributed by atoms with Gasteiger partial charge in [-0.05, 0) is 51.9 Å². The van der Waals surface area contributed by atoms with Gasteiger partial charge in [-0.3, -0.25) is 0 Å². The smallest absolute Gasteiger partial charge is 0.301 e. The van der Waals surface area contributed by atoms with Crippen molar-refractivity contribution >= 4 is 5.65 Å². The zero-order valence-electron chi connectivity index (χ0n) is 12.5. The second kappa shape index (κ2) is 5.49. The van der Waals surface area contributed by atoms with Crippen molar-refractivity contribution < 1.29 is 13.2 Å². The minimum Gasteiger partial charge on any atom is -0.301 e. The van der Waals surface area contributed by atoms with Crippen LogP contribution in [0.3, 0.4) is 0 Å². The topological polar surface area (TPSA) is 46.3 Å². The summed E-state index contributed by atoms with van der Waals surface area (Å²) in [4.78, 5) is 2.37. The Kier molecular flexibility index (Phi) is 3.80. The molecular weight excluding hydrogens is 295 g/mol. The minimum absolute atomic E-state index is 0.121. The summed E-state index contributed by atoms with van der Waals surface area (Å²) in [7, 11) is 0. The van der Waals surface area contributed by atoms with Gasteiger partial charge >= 0.3 is 6.18 Å². The molecule has 0 unspecified atom stereocenters. The van der Waals surface area contributed by atoms with Gasteiger partial charge in [-0.25, -0.2) is 0 Å². The summed E-state index contributed by atoms with van der Waals surface area (Å²) in [5.74, 6) is -0.883. The number of nitrogens with zero attached hydrogens (tertiary/aromatic N) is 5. The van der Waals surface area contributed by atoms with Gasteiger partial charge in [0.05, 0.1) is 5.69 Å². The molecule has 3 heterocycles. The first-order valence-electron chi connectivity index (χ1n) is 7.40. The van der Waals surface area contributed by atoms with E-state index in [1.165, 1.54) is 0 Å². The Hall–Kier alpha value is -1.70. The van der Waals surface area contributed by atoms with E-state index in [9.17, 15) is 13.2 Å². The number of halogens is 3. The minimum atomic E-state index is -4.55. The number of aromatic nitrogens is 4. The quantitative estimate of drug-likeness (QED) is 0.855. The molecule has 5 nitrogen and oxygen atoms in total. The van der Waals surface area contributed by atoms with Gasteiger partial charge in [0, 0.05) is 12.0 Å². The van der Waals surface area contributed by atoms with Gasteiger partial charge < -0.3 is 4.90 Å². The maximum Gasteiger partial charge on any atom is 0.453 e. The molecule has 1 aliphatic rings. The molecule has 0 atom stereocenters. The summed E-state index contributed by atoms with van der Waals surface area (Å²) >= 11 is 0. The summed E-state index contributed by atoms with van der Waals surface area (Å²) in [5.41, 5.74) is 0.803. The van der Waals surface area contributed by atoms with Crippen LogP contribution >= 0.6 is 0 Å². The molecule has 0 aromatic carbocycles. The molecule has 2 aromatic rings. The Balaban J connectivity index is 1.86. The molecule has 1 aliphatic heterocycles. The highest BCUT2D eigenvalue weighted by atomic mass is 19.4. The fraction of sp³-hybridized carbons (Fsp3) is 0.643. The lowest BCUT2D eigenvalue weighted by molar-refractivity contribution is -0.146. The van der Waals surface area contributed by atoms with Crippen molar-refractivity contribution in [2.75, 3.05) is 13.1 Å². The van der Waals surface area contributed by atoms with E-state index in [1.807, 2.05) is 0 Å². The average molecular weight is 313 g/mol. The van der Waals surface area contributed by atoms with Gasteiger partial charge in [0.2, 0.25) is 0 Å². The van der Waals surface area contributed by atoms with E-state index in [2.05, 4.69) is 34.0 Å². The van der Waals surface area contributed by atoms with Crippen LogP contribution in [0.5, 0.6) is 0 Å². The van der Waals surface area contributed by atoms with Crippen LogP contribution in [0.1, 0.15) is 44.1 Å². The Labute approximate surface area is 126 Å². The van der Waals surface area contributed by atoms with E-state index >= 15 is 0 Å². The maximum absolute atomic E-state index is 12.9. The van der Waals surface area contributed by atoms with E-state index in [1.54, 1.807) is 12.1 Å². The van der Waals surface area contributed by atoms with Gasteiger partial charge in [-0.2, -0.15) is 22.8 Å². The molecule has 0 bridgehead atoms. The van der Waals surface area contributed by atoms with Gasteiger partial charge in [-0.1, -0.05) is 0 Å². The second-order valence-electron chi connectivity index (χ2n) is 5.95. The molecule has 0 saturated carbocycles. The Morgan fingerprint density at radius 3 is 2.41 bits per heavy atom. The molecule has 0 amide bonds. The molecule has 0 radical (unpaired) electrons. The van der Waals surface area contributed by atoms with Crippen molar-refractivity contribution in [1.29, 1.82) is 0 Å². The van der Waals surface area contributed by atoms with Crippen LogP contribution < -0.4 is 0 Å². The molecule has 1 fully saturated rings. The first-order valence-corrected chi connectivity index (χ1v) is 7.40. The fourth-order valence-corrected chi connectivity index (χ4v) is 2.91. The van der Waals surface area contributed by atoms with Crippen molar-refractivity contribution in [3.8, 4) is 0 Å². The number of alkyl halides is 3. The van der Waals surface area contributed by atoms with E-state index < -0.39 is 12.0 Å². The van der Waals surface area contributed by atoms with Gasteiger partial charge in [-0.15, -0.1) is 10.2 Å². The third kappa shape index (κ3) is 2.79. The van der Waals surface area contributed by atoms with Crippen LogP contribution in [0, 0.1) is 0 Å². The number of hydrogen-bond donors (Lipinski definition) is 0. The largest absolute Gasteiger partial charge is 0.453 e. The molecule has 8 heteroatoms. The Morgan fingerprint density at radius 2 is 1.82 bits per heavy atom. The zero-order valence-corrected chi connectivity index (χ0v) is 12.5. The van der Waals surface area contributed by atoms with Gasteiger partial charge in [0.1, 0.15) is 0 Å². The monoisotopic (exact) mass is 313 g/mol. The molecule has 22 heavy (non-hydrogen) atoms. The summed E-state index contributed by atoms with van der Waals surface area (Å²) in [6.07, 6.45) is -2.74. The van der Waals surface area contributed by atoms with Crippen LogP contribution in [0.4, 0.5) is 13.2 Å². The molecule has 0 aliphatic carbocycles. The molecule has 120 valence electrons. The van der Waals surface area contributed by atoms with Crippen molar-refractivity contribution in [2.24, 2.45) is 0 Å². The van der Waals surface area contributed by atoms with E-state index in [-0.39, 0.29) is 11.6 Å². The normalized spacial score (nSPS) is 18.5. The third-order valence-corrected chi connectivity index (χ3v) is 4.22. The van der Waals surface area contributed by atoms with Crippen LogP contribution in [0.15, 0.2) is 12.1 Å². The predicted octanol–water partition coefficient (Wildman–Crippen LogP) is 2.73. The molecule has 3 rings (SSSR count). The lowest BCUT2D eigenvalue weighted by atomic mass is 9.93. The first-order chi connectivity index (χ1) is 10.4. The molecular formula is C14H18F3N5. The number of fused-ring (bicyclic) bond motifs is 1. The number of hydrogen-bond acceptors (Lipinski definition) is 4. The SMILES string of the molecule is CC(C)N1CCC(c2ccc3nnc(C(F)(F)F)n3n2)CC1. The van der Waals surface area contributed by atoms with E-state index in [0.29, 0.717) is 11.7 Å². The Morgan fingerprint density at radius 1 is 1.14 bits per heavy atom. The highest BCUT2D eigenvalue weighted by molar-refractivity contribution is 5.37. The van der Waals surface area contributed by atoms with Crippen LogP contribution in [0.2, 0.25) is 0 Å². The Bertz CT molecular complexity index is 656. The van der Waals surface area contributed by atoms with Gasteiger partial charge in [0.15, 0.2) is 5.65 Å². The van der Waals surface area contributed by atoms with Crippen molar-refractivity contribution in [1.82, 2.24) is 24.7 Å². The number of rotatable bonds is 2. The molecule has 0 N–H and O–H groups in total. The zero-order chi connectivity index (χ0) is 15.9. The molecule has 2 aromatic heterocycles. The summed E-state index contributed by atoms with van der Waals surface area (Å²) in [5, 5.41) is 10.9. The summed E-state index contributed by atoms with van der Waals surface area (Å²) in [6.45, 7) is 6.18. The van der Waals surface area contributed by atoms with Gasteiger partial charge in [0.25, 0.3) is 5.82 Å². The van der Waals surface area contributed by atoms with Crippen molar-refractivity contribution in [3.05, 3.63) is 23.7 Å². The van der Waals surface area contributed by atoms with Crippen molar-refractivity contribution in [3.63, 3.8) is 0 Å². The highest BCUT2D eigenvalue weighted by Gasteiger charge is 2.38. The summed E-state index contributed by atoms with van der Waals surface area (Å²) < 4.78 is 39.5. The standard InChI is InChI=1S/C14H18F3N5/c1-9(2)21-7-5-10(6-8-21)11-3-4-12-18-19-13(14(15,16)17)22(12)20-11/h3-4,9-10H,5-8H2,1-2H3. The lowest BCUT2D eigenvalue weighted by Crippen LogP contribution is -2.38. The van der Waals surface area contributed by atoms with E-state index in [0.717, 1.165) is 30.4 Å². The van der Waals surface area contributed by atoms with E-state index in [4.69, 9.17) is 0 Å². The second-order valence-corrected chi connectivity index (χ2v) is 5.95. The fourth-order valence-electron chi connectivity index (χ4n) is 2.91. The molecule has 0 spiro atoms. The molecule has 1 saturated heterocycles. The number of piperidine rings is 1. The van der Waals surface area contributed by atoms with Crippen molar-refractivity contribution in [2.45, 2.75) is 44.8 Å². The number of likely N-dealkylation sites (tertiary alicyclic amines) is 1. The van der Waals surface area contributed by atoms with Crippen LogP contribution in [-0.4, -0.2) is 43.8 Å².